The second kappa shape index (κ2) is 6.59. The molecule has 4 atom stereocenters. The van der Waals surface area contributed by atoms with Crippen molar-refractivity contribution < 1.29 is 14.3 Å². The summed E-state index contributed by atoms with van der Waals surface area (Å²) in [7, 11) is 1.63. The number of amides is 1. The van der Waals surface area contributed by atoms with Crippen LogP contribution >= 0.6 is 0 Å². The van der Waals surface area contributed by atoms with Gasteiger partial charge in [0.1, 0.15) is 11.5 Å². The molecule has 3 rings (SSSR count). The summed E-state index contributed by atoms with van der Waals surface area (Å²) in [6, 6.07) is 7.73. The summed E-state index contributed by atoms with van der Waals surface area (Å²) in [6.07, 6.45) is 5.30. The Balaban J connectivity index is 1.56. The lowest BCUT2D eigenvalue weighted by Gasteiger charge is -2.25. The molecule has 2 fully saturated rings. The van der Waals surface area contributed by atoms with Crippen LogP contribution in [0.1, 0.15) is 39.0 Å². The molecule has 120 valence electrons. The number of nitrogens with one attached hydrogen (secondary N) is 1. The van der Waals surface area contributed by atoms with Crippen LogP contribution in [0.3, 0.4) is 0 Å². The molecule has 0 saturated heterocycles. The molecule has 0 aromatic heterocycles. The van der Waals surface area contributed by atoms with Gasteiger partial charge >= 0.3 is 0 Å². The van der Waals surface area contributed by atoms with E-state index in [0.717, 1.165) is 18.1 Å². The largest absolute Gasteiger partial charge is 0.497 e. The van der Waals surface area contributed by atoms with E-state index in [-0.39, 0.29) is 5.91 Å². The molecule has 2 aliphatic rings. The van der Waals surface area contributed by atoms with E-state index in [1.54, 1.807) is 7.11 Å². The second-order valence-corrected chi connectivity index (χ2v) is 6.48. The Kier molecular flexibility index (Phi) is 4.55. The summed E-state index contributed by atoms with van der Waals surface area (Å²) in [4.78, 5) is 12.5. The van der Waals surface area contributed by atoms with Crippen LogP contribution in [-0.2, 0) is 4.79 Å². The van der Waals surface area contributed by atoms with Crippen molar-refractivity contribution in [2.75, 3.05) is 7.11 Å². The van der Waals surface area contributed by atoms with Gasteiger partial charge in [-0.05, 0) is 61.8 Å². The molecule has 2 saturated carbocycles. The van der Waals surface area contributed by atoms with E-state index in [0.29, 0.717) is 24.1 Å². The number of methoxy groups -OCH3 is 1. The van der Waals surface area contributed by atoms with Crippen LogP contribution in [0.25, 0.3) is 0 Å². The Morgan fingerprint density at radius 3 is 2.50 bits per heavy atom. The first-order chi connectivity index (χ1) is 10.7. The fourth-order valence-corrected chi connectivity index (χ4v) is 3.84. The van der Waals surface area contributed by atoms with E-state index in [9.17, 15) is 4.79 Å². The lowest BCUT2D eigenvalue weighted by Crippen LogP contribution is -2.45. The number of hydrogen-bond acceptors (Lipinski definition) is 3. The molecule has 1 aromatic carbocycles. The molecule has 0 unspecified atom stereocenters. The summed E-state index contributed by atoms with van der Waals surface area (Å²) in [5, 5.41) is 3.22. The Hall–Kier alpha value is -1.71. The van der Waals surface area contributed by atoms with E-state index < -0.39 is 6.10 Å². The van der Waals surface area contributed by atoms with Gasteiger partial charge in [0.15, 0.2) is 6.10 Å². The van der Waals surface area contributed by atoms with Crippen molar-refractivity contribution in [2.45, 2.75) is 51.2 Å². The minimum atomic E-state index is -0.424. The fraction of sp³-hybridized carbons (Fsp3) is 0.611. The number of rotatable bonds is 6. The van der Waals surface area contributed by atoms with Gasteiger partial charge in [0.25, 0.3) is 5.91 Å². The topological polar surface area (TPSA) is 47.6 Å². The Bertz CT molecular complexity index is 514. The van der Waals surface area contributed by atoms with Crippen LogP contribution in [0.5, 0.6) is 11.5 Å². The average Bonchev–Trinajstić information content (AvgIpc) is 3.15. The highest BCUT2D eigenvalue weighted by Crippen LogP contribution is 2.44. The standard InChI is InChI=1S/C18H25NO3/c1-3-17(22-15-8-6-14(21-2)7-9-15)18(20)19-16-11-12-4-5-13(16)10-12/h6-9,12-13,16-17H,3-5,10-11H2,1-2H3,(H,19,20)/t12-,13-,16-,17+/m0/s1. The first-order valence-electron chi connectivity index (χ1n) is 8.30. The lowest BCUT2D eigenvalue weighted by atomic mass is 9.95. The Morgan fingerprint density at radius 1 is 1.23 bits per heavy atom. The van der Waals surface area contributed by atoms with Gasteiger partial charge in [-0.1, -0.05) is 13.3 Å². The molecule has 4 nitrogen and oxygen atoms in total. The SMILES string of the molecule is CC[C@@H](Oc1ccc(OC)cc1)C(=O)N[C@H]1C[C@H]2CC[C@H]1C2. The molecular weight excluding hydrogens is 278 g/mol. The van der Waals surface area contributed by atoms with E-state index in [2.05, 4.69) is 5.32 Å². The van der Waals surface area contributed by atoms with Crippen molar-refractivity contribution in [1.82, 2.24) is 5.32 Å². The minimum Gasteiger partial charge on any atom is -0.497 e. The van der Waals surface area contributed by atoms with Crippen molar-refractivity contribution in [3.8, 4) is 11.5 Å². The van der Waals surface area contributed by atoms with E-state index >= 15 is 0 Å². The molecular formula is C18H25NO3. The van der Waals surface area contributed by atoms with Gasteiger partial charge in [-0.2, -0.15) is 0 Å². The first-order valence-corrected chi connectivity index (χ1v) is 8.30. The number of benzene rings is 1. The minimum absolute atomic E-state index is 0.0240. The summed E-state index contributed by atoms with van der Waals surface area (Å²) in [6.45, 7) is 1.98. The maximum Gasteiger partial charge on any atom is 0.261 e. The third-order valence-corrected chi connectivity index (χ3v) is 5.07. The van der Waals surface area contributed by atoms with Gasteiger partial charge in [0, 0.05) is 6.04 Å². The molecule has 4 heteroatoms. The van der Waals surface area contributed by atoms with E-state index in [1.807, 2.05) is 31.2 Å². The van der Waals surface area contributed by atoms with Gasteiger partial charge in [-0.15, -0.1) is 0 Å². The van der Waals surface area contributed by atoms with Gasteiger partial charge in [-0.25, -0.2) is 0 Å². The predicted molar refractivity (Wildman–Crippen MR) is 85.1 cm³/mol. The predicted octanol–water partition coefficient (Wildman–Crippen LogP) is 3.16. The smallest absolute Gasteiger partial charge is 0.261 e. The lowest BCUT2D eigenvalue weighted by molar-refractivity contribution is -0.129. The maximum absolute atomic E-state index is 12.5. The summed E-state index contributed by atoms with van der Waals surface area (Å²) < 4.78 is 11.0. The molecule has 1 aromatic rings. The van der Waals surface area contributed by atoms with Crippen LogP contribution in [0.4, 0.5) is 0 Å². The monoisotopic (exact) mass is 303 g/mol. The van der Waals surface area contributed by atoms with E-state index in [1.165, 1.54) is 19.3 Å². The Labute approximate surface area is 132 Å². The second-order valence-electron chi connectivity index (χ2n) is 6.48. The van der Waals surface area contributed by atoms with Crippen LogP contribution < -0.4 is 14.8 Å². The molecule has 1 amide bonds. The summed E-state index contributed by atoms with van der Waals surface area (Å²) in [5.41, 5.74) is 0. The molecule has 1 N–H and O–H groups in total. The van der Waals surface area contributed by atoms with Crippen molar-refractivity contribution in [3.05, 3.63) is 24.3 Å². The van der Waals surface area contributed by atoms with E-state index in [4.69, 9.17) is 9.47 Å². The molecule has 0 spiro atoms. The molecule has 2 bridgehead atoms. The number of carbonyl (C=O) groups excluding carboxylic acids is 1. The number of hydrogen-bond donors (Lipinski definition) is 1. The normalized spacial score (nSPS) is 27.5. The average molecular weight is 303 g/mol. The van der Waals surface area contributed by atoms with Gasteiger partial charge in [0.2, 0.25) is 0 Å². The molecule has 0 heterocycles. The third kappa shape index (κ3) is 3.21. The van der Waals surface area contributed by atoms with Crippen LogP contribution in [0, 0.1) is 11.8 Å². The highest BCUT2D eigenvalue weighted by atomic mass is 16.5. The third-order valence-electron chi connectivity index (χ3n) is 5.07. The van der Waals surface area contributed by atoms with Crippen molar-refractivity contribution in [1.29, 1.82) is 0 Å². The zero-order valence-corrected chi connectivity index (χ0v) is 13.4. The molecule has 0 radical (unpaired) electrons. The van der Waals surface area contributed by atoms with Crippen molar-refractivity contribution >= 4 is 5.91 Å². The quantitative estimate of drug-likeness (QED) is 0.878. The highest BCUT2D eigenvalue weighted by molar-refractivity contribution is 5.81. The van der Waals surface area contributed by atoms with Crippen LogP contribution in [0.15, 0.2) is 24.3 Å². The molecule has 2 aliphatic carbocycles. The van der Waals surface area contributed by atoms with Gasteiger partial charge < -0.3 is 14.8 Å². The zero-order chi connectivity index (χ0) is 15.5. The summed E-state index contributed by atoms with van der Waals surface area (Å²) >= 11 is 0. The number of ether oxygens (including phenoxy) is 2. The fourth-order valence-electron chi connectivity index (χ4n) is 3.84. The van der Waals surface area contributed by atoms with Gasteiger partial charge in [0.05, 0.1) is 7.11 Å². The van der Waals surface area contributed by atoms with Crippen LogP contribution in [0.2, 0.25) is 0 Å². The first kappa shape index (κ1) is 15.2. The van der Waals surface area contributed by atoms with Crippen LogP contribution in [-0.4, -0.2) is 25.2 Å². The van der Waals surface area contributed by atoms with Gasteiger partial charge in [-0.3, -0.25) is 4.79 Å². The summed E-state index contributed by atoms with van der Waals surface area (Å²) in [5.74, 6) is 3.03. The molecule has 22 heavy (non-hydrogen) atoms. The number of carbonyl (C=O) groups is 1. The number of fused-ring (bicyclic) bond motifs is 2. The molecule has 0 aliphatic heterocycles. The Morgan fingerprint density at radius 2 is 1.95 bits per heavy atom. The highest BCUT2D eigenvalue weighted by Gasteiger charge is 2.40. The van der Waals surface area contributed by atoms with Crippen molar-refractivity contribution in [2.24, 2.45) is 11.8 Å². The maximum atomic E-state index is 12.5. The van der Waals surface area contributed by atoms with Crippen molar-refractivity contribution in [3.63, 3.8) is 0 Å². The zero-order valence-electron chi connectivity index (χ0n) is 13.4.